The largest absolute Gasteiger partial charge is 0.467 e. The van der Waals surface area contributed by atoms with Gasteiger partial charge in [0.05, 0.1) is 26.0 Å². The molecule has 0 unspecified atom stereocenters. The molecule has 0 bridgehead atoms. The van der Waals surface area contributed by atoms with Crippen molar-refractivity contribution in [3.05, 3.63) is 40.2 Å². The van der Waals surface area contributed by atoms with Gasteiger partial charge in [-0.25, -0.2) is 9.59 Å². The van der Waals surface area contributed by atoms with Crippen LogP contribution in [0.5, 0.6) is 0 Å². The molecule has 0 saturated heterocycles. The zero-order chi connectivity index (χ0) is 22.1. The molecule has 2 rings (SSSR count). The summed E-state index contributed by atoms with van der Waals surface area (Å²) < 4.78 is 19.9. The van der Waals surface area contributed by atoms with E-state index in [-0.39, 0.29) is 22.0 Å². The van der Waals surface area contributed by atoms with Crippen molar-refractivity contribution in [1.82, 2.24) is 5.32 Å². The van der Waals surface area contributed by atoms with Crippen molar-refractivity contribution in [3.8, 4) is 0 Å². The van der Waals surface area contributed by atoms with Crippen molar-refractivity contribution < 1.29 is 37.8 Å². The number of amides is 2. The topological polar surface area (TPSA) is 133 Å². The molecule has 0 radical (unpaired) electrons. The van der Waals surface area contributed by atoms with E-state index in [0.717, 1.165) is 11.3 Å². The van der Waals surface area contributed by atoms with Gasteiger partial charge in [-0.1, -0.05) is 0 Å². The van der Waals surface area contributed by atoms with E-state index >= 15 is 0 Å². The van der Waals surface area contributed by atoms with E-state index in [1.165, 1.54) is 21.1 Å². The highest BCUT2D eigenvalue weighted by molar-refractivity contribution is 7.18. The van der Waals surface area contributed by atoms with E-state index in [1.54, 1.807) is 18.4 Å². The number of nitrogens with one attached hydrogen (secondary N) is 2. The Morgan fingerprint density at radius 2 is 1.83 bits per heavy atom. The van der Waals surface area contributed by atoms with Crippen molar-refractivity contribution in [2.24, 2.45) is 0 Å². The number of carbonyl (C=O) groups is 4. The SMILES string of the molecule is COC(=O)c1sc(NC(=O)C(=O)NCCCOCc2ccco2)c(C(=O)OC)c1C. The van der Waals surface area contributed by atoms with Crippen LogP contribution in [0.2, 0.25) is 0 Å². The van der Waals surface area contributed by atoms with Crippen LogP contribution in [0.4, 0.5) is 5.00 Å². The number of furan rings is 1. The molecule has 0 atom stereocenters. The second-order valence-corrected chi connectivity index (χ2v) is 6.96. The molecule has 2 aromatic rings. The van der Waals surface area contributed by atoms with Crippen LogP contribution in [0.3, 0.4) is 0 Å². The lowest BCUT2D eigenvalue weighted by molar-refractivity contribution is -0.136. The maximum atomic E-state index is 12.2. The Bertz CT molecular complexity index is 904. The van der Waals surface area contributed by atoms with Gasteiger partial charge in [0.25, 0.3) is 0 Å². The summed E-state index contributed by atoms with van der Waals surface area (Å²) in [7, 11) is 2.37. The van der Waals surface area contributed by atoms with Crippen molar-refractivity contribution >= 4 is 40.1 Å². The smallest absolute Gasteiger partial charge is 0.348 e. The van der Waals surface area contributed by atoms with Gasteiger partial charge in [0, 0.05) is 13.2 Å². The molecule has 11 heteroatoms. The van der Waals surface area contributed by atoms with Gasteiger partial charge >= 0.3 is 23.8 Å². The Balaban J connectivity index is 1.88. The number of hydrogen-bond acceptors (Lipinski definition) is 9. The third kappa shape index (κ3) is 5.91. The average Bonchev–Trinajstić information content (AvgIpc) is 3.37. The molecule has 0 saturated carbocycles. The molecule has 0 aromatic carbocycles. The highest BCUT2D eigenvalue weighted by Gasteiger charge is 2.27. The summed E-state index contributed by atoms with van der Waals surface area (Å²) in [6.45, 7) is 2.41. The fraction of sp³-hybridized carbons (Fsp3) is 0.368. The lowest BCUT2D eigenvalue weighted by Gasteiger charge is -2.07. The maximum absolute atomic E-state index is 12.2. The normalized spacial score (nSPS) is 10.4. The number of anilines is 1. The molecule has 2 heterocycles. The number of esters is 2. The molecule has 0 spiro atoms. The summed E-state index contributed by atoms with van der Waals surface area (Å²) >= 11 is 0.826. The van der Waals surface area contributed by atoms with Gasteiger partial charge in [-0.05, 0) is 31.0 Å². The fourth-order valence-corrected chi connectivity index (χ4v) is 3.53. The van der Waals surface area contributed by atoms with Gasteiger partial charge in [0.15, 0.2) is 0 Å². The van der Waals surface area contributed by atoms with E-state index in [9.17, 15) is 19.2 Å². The zero-order valence-electron chi connectivity index (χ0n) is 16.7. The monoisotopic (exact) mass is 438 g/mol. The van der Waals surface area contributed by atoms with Crippen LogP contribution in [0.1, 0.15) is 37.8 Å². The van der Waals surface area contributed by atoms with Crippen molar-refractivity contribution in [2.45, 2.75) is 20.0 Å². The number of rotatable bonds is 9. The lowest BCUT2D eigenvalue weighted by atomic mass is 10.1. The fourth-order valence-electron chi connectivity index (χ4n) is 2.42. The van der Waals surface area contributed by atoms with Crippen LogP contribution in [-0.4, -0.2) is 51.1 Å². The number of hydrogen-bond donors (Lipinski definition) is 2. The number of methoxy groups -OCH3 is 2. The predicted molar refractivity (Wildman–Crippen MR) is 106 cm³/mol. The van der Waals surface area contributed by atoms with Gasteiger partial charge in [-0.2, -0.15) is 0 Å². The molecule has 10 nitrogen and oxygen atoms in total. The van der Waals surface area contributed by atoms with Gasteiger partial charge in [-0.15, -0.1) is 11.3 Å². The number of ether oxygens (including phenoxy) is 3. The van der Waals surface area contributed by atoms with Crippen LogP contribution >= 0.6 is 11.3 Å². The minimum absolute atomic E-state index is 0.00428. The van der Waals surface area contributed by atoms with Crippen molar-refractivity contribution in [2.75, 3.05) is 32.7 Å². The van der Waals surface area contributed by atoms with Crippen LogP contribution in [0, 0.1) is 6.92 Å². The molecule has 2 N–H and O–H groups in total. The number of carbonyl (C=O) groups excluding carboxylic acids is 4. The van der Waals surface area contributed by atoms with Gasteiger partial charge < -0.3 is 29.3 Å². The third-order valence-corrected chi connectivity index (χ3v) is 5.10. The molecular weight excluding hydrogens is 416 g/mol. The van der Waals surface area contributed by atoms with Crippen LogP contribution in [0.15, 0.2) is 22.8 Å². The Morgan fingerprint density at radius 3 is 2.47 bits per heavy atom. The molecule has 2 amide bonds. The van der Waals surface area contributed by atoms with Gasteiger partial charge in [0.1, 0.15) is 22.2 Å². The van der Waals surface area contributed by atoms with Crippen molar-refractivity contribution in [1.29, 1.82) is 0 Å². The van der Waals surface area contributed by atoms with Crippen LogP contribution < -0.4 is 10.6 Å². The Kier molecular flexibility index (Phi) is 8.56. The highest BCUT2D eigenvalue weighted by Crippen LogP contribution is 2.34. The molecule has 0 aliphatic heterocycles. The first kappa shape index (κ1) is 23.1. The van der Waals surface area contributed by atoms with Crippen LogP contribution in [-0.2, 0) is 30.4 Å². The molecule has 0 aliphatic carbocycles. The van der Waals surface area contributed by atoms with Crippen molar-refractivity contribution in [3.63, 3.8) is 0 Å². The Morgan fingerprint density at radius 1 is 1.10 bits per heavy atom. The second-order valence-electron chi connectivity index (χ2n) is 5.94. The van der Waals surface area contributed by atoms with E-state index in [1.807, 2.05) is 0 Å². The van der Waals surface area contributed by atoms with E-state index in [0.29, 0.717) is 31.0 Å². The first-order chi connectivity index (χ1) is 14.4. The van der Waals surface area contributed by atoms with Crippen LogP contribution in [0.25, 0.3) is 0 Å². The summed E-state index contributed by atoms with van der Waals surface area (Å²) in [5.41, 5.74) is 0.290. The third-order valence-electron chi connectivity index (χ3n) is 3.92. The minimum Gasteiger partial charge on any atom is -0.467 e. The highest BCUT2D eigenvalue weighted by atomic mass is 32.1. The number of thiophene rings is 1. The molecule has 0 aliphatic rings. The summed E-state index contributed by atoms with van der Waals surface area (Å²) in [5, 5.41) is 4.84. The summed E-state index contributed by atoms with van der Waals surface area (Å²) in [6, 6.07) is 3.54. The van der Waals surface area contributed by atoms with Gasteiger partial charge in [0.2, 0.25) is 0 Å². The second kappa shape index (κ2) is 11.1. The summed E-state index contributed by atoms with van der Waals surface area (Å²) in [6.07, 6.45) is 2.03. The average molecular weight is 438 g/mol. The zero-order valence-corrected chi connectivity index (χ0v) is 17.6. The molecular formula is C19H22N2O8S. The minimum atomic E-state index is -0.977. The Labute approximate surface area is 176 Å². The van der Waals surface area contributed by atoms with E-state index in [2.05, 4.69) is 15.4 Å². The quantitative estimate of drug-likeness (QED) is 0.344. The summed E-state index contributed by atoms with van der Waals surface area (Å²) in [4.78, 5) is 48.2. The first-order valence-electron chi connectivity index (χ1n) is 8.88. The van der Waals surface area contributed by atoms with E-state index in [4.69, 9.17) is 13.9 Å². The van der Waals surface area contributed by atoms with Gasteiger partial charge in [-0.3, -0.25) is 9.59 Å². The standard InChI is InChI=1S/C19H22N2O8S/c1-11-13(18(24)26-2)17(30-14(11)19(25)27-3)21-16(23)15(22)20-7-5-8-28-10-12-6-4-9-29-12/h4,6,9H,5,7-8,10H2,1-3H3,(H,20,22)(H,21,23). The predicted octanol–water partition coefficient (Wildman–Crippen LogP) is 1.88. The molecule has 2 aromatic heterocycles. The molecule has 162 valence electrons. The molecule has 30 heavy (non-hydrogen) atoms. The van der Waals surface area contributed by atoms with E-state index < -0.39 is 23.8 Å². The molecule has 0 fully saturated rings. The Hall–Kier alpha value is -3.18. The maximum Gasteiger partial charge on any atom is 0.348 e. The lowest BCUT2D eigenvalue weighted by Crippen LogP contribution is -2.36. The first-order valence-corrected chi connectivity index (χ1v) is 9.70. The summed E-state index contributed by atoms with van der Waals surface area (Å²) in [5.74, 6) is -2.58.